The number of anilines is 2. The van der Waals surface area contributed by atoms with Gasteiger partial charge < -0.3 is 11.1 Å². The second-order valence-corrected chi connectivity index (χ2v) is 4.42. The van der Waals surface area contributed by atoms with Crippen LogP contribution in [0.2, 0.25) is 5.28 Å². The fraction of sp³-hybridized carbons (Fsp3) is 0.727. The lowest BCUT2D eigenvalue weighted by molar-refractivity contribution is 0.472. The minimum absolute atomic E-state index is 0.126. The third-order valence-electron chi connectivity index (χ3n) is 2.72. The molecule has 0 aliphatic carbocycles. The molecule has 0 aliphatic rings. The van der Waals surface area contributed by atoms with Gasteiger partial charge in [0.2, 0.25) is 17.2 Å². The molecular weight excluding hydrogens is 238 g/mol. The van der Waals surface area contributed by atoms with E-state index in [2.05, 4.69) is 34.1 Å². The van der Waals surface area contributed by atoms with Crippen molar-refractivity contribution < 1.29 is 0 Å². The maximum atomic E-state index is 5.70. The monoisotopic (exact) mass is 257 g/mol. The van der Waals surface area contributed by atoms with E-state index in [-0.39, 0.29) is 11.2 Å². The molecule has 0 fully saturated rings. The number of nitrogen functional groups attached to an aromatic ring is 1. The summed E-state index contributed by atoms with van der Waals surface area (Å²) in [5, 5.41) is 3.29. The topological polar surface area (TPSA) is 76.7 Å². The molecule has 0 amide bonds. The van der Waals surface area contributed by atoms with Gasteiger partial charge in [0.15, 0.2) is 0 Å². The predicted molar refractivity (Wildman–Crippen MR) is 71.0 cm³/mol. The molecule has 0 aromatic carbocycles. The number of hydrogen-bond donors (Lipinski definition) is 2. The highest BCUT2D eigenvalue weighted by Crippen LogP contribution is 2.14. The average Bonchev–Trinajstić information content (AvgIpc) is 2.28. The van der Waals surface area contributed by atoms with Crippen LogP contribution in [0.5, 0.6) is 0 Å². The SMILES string of the molecule is CCCCC(CC)CNc1nc(N)nc(Cl)n1. The first-order chi connectivity index (χ1) is 8.15. The maximum Gasteiger partial charge on any atom is 0.228 e. The number of unbranched alkanes of at least 4 members (excludes halogenated alkanes) is 1. The summed E-state index contributed by atoms with van der Waals surface area (Å²) < 4.78 is 0. The van der Waals surface area contributed by atoms with Crippen LogP contribution in [0, 0.1) is 5.92 Å². The van der Waals surface area contributed by atoms with Gasteiger partial charge in [-0.25, -0.2) is 0 Å². The van der Waals surface area contributed by atoms with Gasteiger partial charge in [-0.15, -0.1) is 0 Å². The van der Waals surface area contributed by atoms with Gasteiger partial charge in [-0.2, -0.15) is 15.0 Å². The van der Waals surface area contributed by atoms with Crippen molar-refractivity contribution in [1.29, 1.82) is 0 Å². The van der Waals surface area contributed by atoms with Gasteiger partial charge in [0.25, 0.3) is 0 Å². The first-order valence-electron chi connectivity index (χ1n) is 6.06. The molecule has 0 spiro atoms. The Hall–Kier alpha value is -1.10. The molecule has 96 valence electrons. The smallest absolute Gasteiger partial charge is 0.228 e. The molecule has 1 unspecified atom stereocenters. The van der Waals surface area contributed by atoms with Crippen LogP contribution >= 0.6 is 11.6 Å². The Labute approximate surface area is 107 Å². The maximum absolute atomic E-state index is 5.70. The Morgan fingerprint density at radius 1 is 1.29 bits per heavy atom. The van der Waals surface area contributed by atoms with Gasteiger partial charge >= 0.3 is 0 Å². The second kappa shape index (κ2) is 7.27. The lowest BCUT2D eigenvalue weighted by Crippen LogP contribution is -2.16. The Balaban J connectivity index is 2.47. The zero-order chi connectivity index (χ0) is 12.7. The zero-order valence-corrected chi connectivity index (χ0v) is 11.2. The number of hydrogen-bond acceptors (Lipinski definition) is 5. The molecule has 1 aromatic rings. The minimum Gasteiger partial charge on any atom is -0.368 e. The van der Waals surface area contributed by atoms with Crippen molar-refractivity contribution in [2.45, 2.75) is 39.5 Å². The van der Waals surface area contributed by atoms with E-state index in [1.165, 1.54) is 19.3 Å². The van der Waals surface area contributed by atoms with E-state index in [0.717, 1.165) is 13.0 Å². The van der Waals surface area contributed by atoms with E-state index in [0.29, 0.717) is 11.9 Å². The molecule has 1 aromatic heterocycles. The van der Waals surface area contributed by atoms with Crippen LogP contribution in [0.1, 0.15) is 39.5 Å². The standard InChI is InChI=1S/C11H20ClN5/c1-3-5-6-8(4-2)7-14-11-16-9(12)15-10(13)17-11/h8H,3-7H2,1-2H3,(H3,13,14,15,16,17). The number of nitrogens with one attached hydrogen (secondary N) is 1. The summed E-state index contributed by atoms with van der Waals surface area (Å²) in [4.78, 5) is 11.7. The van der Waals surface area contributed by atoms with Gasteiger partial charge in [0, 0.05) is 6.54 Å². The number of aromatic nitrogens is 3. The minimum atomic E-state index is 0.126. The van der Waals surface area contributed by atoms with Gasteiger partial charge in [-0.05, 0) is 23.9 Å². The number of halogens is 1. The first-order valence-corrected chi connectivity index (χ1v) is 6.44. The predicted octanol–water partition coefficient (Wildman–Crippen LogP) is 2.74. The van der Waals surface area contributed by atoms with Crippen molar-refractivity contribution in [3.05, 3.63) is 5.28 Å². The third kappa shape index (κ3) is 5.17. The van der Waals surface area contributed by atoms with Crippen molar-refractivity contribution in [3.63, 3.8) is 0 Å². The van der Waals surface area contributed by atoms with Gasteiger partial charge in [0.1, 0.15) is 0 Å². The molecule has 0 saturated carbocycles. The first kappa shape index (κ1) is 14.0. The van der Waals surface area contributed by atoms with E-state index in [4.69, 9.17) is 17.3 Å². The molecule has 1 atom stereocenters. The van der Waals surface area contributed by atoms with E-state index < -0.39 is 0 Å². The highest BCUT2D eigenvalue weighted by Gasteiger charge is 2.07. The van der Waals surface area contributed by atoms with Gasteiger partial charge in [-0.1, -0.05) is 33.1 Å². The summed E-state index contributed by atoms with van der Waals surface area (Å²) in [5.74, 6) is 1.23. The molecule has 1 heterocycles. The highest BCUT2D eigenvalue weighted by molar-refractivity contribution is 6.28. The van der Waals surface area contributed by atoms with Crippen LogP contribution in [0.3, 0.4) is 0 Å². The highest BCUT2D eigenvalue weighted by atomic mass is 35.5. The Morgan fingerprint density at radius 2 is 2.06 bits per heavy atom. The van der Waals surface area contributed by atoms with Crippen LogP contribution < -0.4 is 11.1 Å². The van der Waals surface area contributed by atoms with Crippen LogP contribution in [0.25, 0.3) is 0 Å². The van der Waals surface area contributed by atoms with E-state index in [1.54, 1.807) is 0 Å². The van der Waals surface area contributed by atoms with Crippen molar-refractivity contribution in [3.8, 4) is 0 Å². The number of nitrogens with zero attached hydrogens (tertiary/aromatic N) is 3. The fourth-order valence-electron chi connectivity index (χ4n) is 1.62. The van der Waals surface area contributed by atoms with Crippen LogP contribution in [0.4, 0.5) is 11.9 Å². The molecule has 0 radical (unpaired) electrons. The van der Waals surface area contributed by atoms with Gasteiger partial charge in [0.05, 0.1) is 0 Å². The largest absolute Gasteiger partial charge is 0.368 e. The molecule has 6 heteroatoms. The Kier molecular flexibility index (Phi) is 5.97. The molecule has 0 saturated heterocycles. The summed E-state index contributed by atoms with van der Waals surface area (Å²) in [6.07, 6.45) is 4.83. The van der Waals surface area contributed by atoms with Crippen LogP contribution in [-0.4, -0.2) is 21.5 Å². The van der Waals surface area contributed by atoms with Crippen molar-refractivity contribution >= 4 is 23.5 Å². The van der Waals surface area contributed by atoms with Crippen LogP contribution in [-0.2, 0) is 0 Å². The second-order valence-electron chi connectivity index (χ2n) is 4.08. The normalized spacial score (nSPS) is 12.4. The number of nitrogens with two attached hydrogens (primary N) is 1. The molecule has 3 N–H and O–H groups in total. The van der Waals surface area contributed by atoms with E-state index in [1.807, 2.05) is 0 Å². The Morgan fingerprint density at radius 3 is 2.65 bits per heavy atom. The van der Waals surface area contributed by atoms with Crippen LogP contribution in [0.15, 0.2) is 0 Å². The summed E-state index contributed by atoms with van der Waals surface area (Å²) in [6.45, 7) is 5.24. The van der Waals surface area contributed by atoms with Crippen molar-refractivity contribution in [2.24, 2.45) is 5.92 Å². The summed E-state index contributed by atoms with van der Waals surface area (Å²) in [5.41, 5.74) is 5.49. The molecular formula is C11H20ClN5. The molecule has 1 rings (SSSR count). The van der Waals surface area contributed by atoms with Crippen molar-refractivity contribution in [2.75, 3.05) is 17.6 Å². The third-order valence-corrected chi connectivity index (χ3v) is 2.89. The fourth-order valence-corrected chi connectivity index (χ4v) is 1.79. The van der Waals surface area contributed by atoms with Gasteiger partial charge in [-0.3, -0.25) is 0 Å². The van der Waals surface area contributed by atoms with E-state index >= 15 is 0 Å². The lowest BCUT2D eigenvalue weighted by atomic mass is 9.99. The summed E-state index contributed by atoms with van der Waals surface area (Å²) in [7, 11) is 0. The molecule has 0 aliphatic heterocycles. The number of rotatable bonds is 7. The van der Waals surface area contributed by atoms with E-state index in [9.17, 15) is 0 Å². The molecule has 0 bridgehead atoms. The molecule has 5 nitrogen and oxygen atoms in total. The lowest BCUT2D eigenvalue weighted by Gasteiger charge is -2.15. The summed E-state index contributed by atoms with van der Waals surface area (Å²) in [6, 6.07) is 0. The Bertz CT molecular complexity index is 324. The molecule has 17 heavy (non-hydrogen) atoms. The average molecular weight is 258 g/mol. The van der Waals surface area contributed by atoms with Crippen molar-refractivity contribution in [1.82, 2.24) is 15.0 Å². The quantitative estimate of drug-likeness (QED) is 0.785. The summed E-state index contributed by atoms with van der Waals surface area (Å²) >= 11 is 5.70. The zero-order valence-electron chi connectivity index (χ0n) is 10.4.